The normalized spacial score (nSPS) is 39.8. The number of carboxylic acid groups (broad SMARTS) is 1. The van der Waals surface area contributed by atoms with Gasteiger partial charge in [-0.25, -0.2) is 9.48 Å². The zero-order valence-corrected chi connectivity index (χ0v) is 29.7. The van der Waals surface area contributed by atoms with Crippen LogP contribution in [0.5, 0.6) is 0 Å². The van der Waals surface area contributed by atoms with E-state index in [4.69, 9.17) is 4.74 Å². The largest absolute Gasteiger partial charge is 0.478 e. The lowest BCUT2D eigenvalue weighted by atomic mass is 9.32. The van der Waals surface area contributed by atoms with Crippen LogP contribution in [0.1, 0.15) is 122 Å². The van der Waals surface area contributed by atoms with E-state index in [2.05, 4.69) is 58.4 Å². The number of carboxylic acids is 1. The molecule has 8 heteroatoms. The summed E-state index contributed by atoms with van der Waals surface area (Å²) in [6.45, 7) is 18.7. The predicted molar refractivity (Wildman–Crippen MR) is 182 cm³/mol. The molecule has 0 spiro atoms. The number of fused-ring (bicyclic) bond motifs is 7. The molecule has 5 aliphatic carbocycles. The van der Waals surface area contributed by atoms with E-state index in [-0.39, 0.29) is 45.7 Å². The average Bonchev–Trinajstić information content (AvgIpc) is 3.68. The van der Waals surface area contributed by atoms with Crippen molar-refractivity contribution in [1.82, 2.24) is 15.0 Å². The molecule has 2 aromatic rings. The molecule has 258 valence electrons. The summed E-state index contributed by atoms with van der Waals surface area (Å²) in [5.74, 6) is 1.22. The van der Waals surface area contributed by atoms with Crippen molar-refractivity contribution in [3.05, 3.63) is 53.9 Å². The lowest BCUT2D eigenvalue weighted by molar-refractivity contribution is -0.236. The first-order valence-electron chi connectivity index (χ1n) is 18.2. The molecule has 48 heavy (non-hydrogen) atoms. The van der Waals surface area contributed by atoms with E-state index in [1.54, 1.807) is 24.4 Å². The Labute approximate surface area is 285 Å². The molecule has 5 aliphatic rings. The Morgan fingerprint density at radius 2 is 1.75 bits per heavy atom. The molecule has 5 fully saturated rings. The summed E-state index contributed by atoms with van der Waals surface area (Å²) in [4.78, 5) is 39.0. The third-order valence-electron chi connectivity index (χ3n) is 15.5. The number of ether oxygens (including phenoxy) is 1. The van der Waals surface area contributed by atoms with Gasteiger partial charge in [0, 0.05) is 11.8 Å². The smallest absolute Gasteiger partial charge is 0.335 e. The molecule has 7 rings (SSSR count). The van der Waals surface area contributed by atoms with Crippen LogP contribution in [0, 0.1) is 56.7 Å². The number of allylic oxidation sites excluding steroid dienone is 1. The lowest BCUT2D eigenvalue weighted by Crippen LogP contribution is -2.66. The van der Waals surface area contributed by atoms with Crippen molar-refractivity contribution in [2.75, 3.05) is 0 Å². The third-order valence-corrected chi connectivity index (χ3v) is 15.5. The number of rotatable bonds is 6. The molecule has 0 bridgehead atoms. The Balaban J connectivity index is 1.15. The molecular weight excluding hydrogens is 602 g/mol. The standard InChI is InChI=1S/C40H53N3O5/c1-24(2)28-13-18-40(35(47)48-23-26-22-43(42-41-26)27-10-8-9-25(21-27)34(45)46)20-19-38(6)29(33(28)40)11-12-31-37(5)16-15-32(44)36(3,4)30(37)14-17-39(31,38)7/h8-10,21-22,28-31,33H,1,11-20,23H2,2-7H3,(H,45,46)/t28-,29+,30-,31+,33+,37-,38+,39+,40-/m0/s1. The molecule has 0 aliphatic heterocycles. The predicted octanol–water partition coefficient (Wildman–Crippen LogP) is 8.24. The van der Waals surface area contributed by atoms with Gasteiger partial charge in [0.1, 0.15) is 18.1 Å². The van der Waals surface area contributed by atoms with E-state index in [0.717, 1.165) is 57.8 Å². The fourth-order valence-electron chi connectivity index (χ4n) is 12.9. The topological polar surface area (TPSA) is 111 Å². The first kappa shape index (κ1) is 33.2. The van der Waals surface area contributed by atoms with Crippen LogP contribution in [-0.2, 0) is 20.9 Å². The number of aromatic nitrogens is 3. The number of Topliss-reactive ketones (excluding diaryl/α,β-unsaturated/α-hetero) is 1. The van der Waals surface area contributed by atoms with Crippen molar-refractivity contribution < 1.29 is 24.2 Å². The van der Waals surface area contributed by atoms with Gasteiger partial charge >= 0.3 is 11.9 Å². The minimum Gasteiger partial charge on any atom is -0.478 e. The summed E-state index contributed by atoms with van der Waals surface area (Å²) in [6.07, 6.45) is 11.6. The van der Waals surface area contributed by atoms with Gasteiger partial charge in [-0.1, -0.05) is 58.1 Å². The van der Waals surface area contributed by atoms with Crippen LogP contribution in [0.2, 0.25) is 0 Å². The van der Waals surface area contributed by atoms with Crippen molar-refractivity contribution in [2.45, 2.75) is 112 Å². The second-order valence-electron chi connectivity index (χ2n) is 17.6. The van der Waals surface area contributed by atoms with Gasteiger partial charge in [-0.15, -0.1) is 5.10 Å². The third kappa shape index (κ3) is 4.56. The lowest BCUT2D eigenvalue weighted by Gasteiger charge is -2.72. The summed E-state index contributed by atoms with van der Waals surface area (Å²) in [5.41, 5.74) is 2.05. The van der Waals surface area contributed by atoms with Gasteiger partial charge in [-0.2, -0.15) is 0 Å². The summed E-state index contributed by atoms with van der Waals surface area (Å²) >= 11 is 0. The van der Waals surface area contributed by atoms with Gasteiger partial charge in [-0.3, -0.25) is 9.59 Å². The van der Waals surface area contributed by atoms with Gasteiger partial charge in [0.25, 0.3) is 0 Å². The van der Waals surface area contributed by atoms with Gasteiger partial charge < -0.3 is 9.84 Å². The molecule has 1 heterocycles. The summed E-state index contributed by atoms with van der Waals surface area (Å²) in [6, 6.07) is 6.52. The molecule has 1 aromatic carbocycles. The van der Waals surface area contributed by atoms with Gasteiger partial charge in [0.05, 0.1) is 22.9 Å². The average molecular weight is 656 g/mol. The van der Waals surface area contributed by atoms with Crippen molar-refractivity contribution in [3.63, 3.8) is 0 Å². The monoisotopic (exact) mass is 655 g/mol. The molecule has 8 nitrogen and oxygen atoms in total. The minimum absolute atomic E-state index is 0.0274. The van der Waals surface area contributed by atoms with Gasteiger partial charge in [0.2, 0.25) is 0 Å². The highest BCUT2D eigenvalue weighted by molar-refractivity contribution is 5.88. The zero-order chi connectivity index (χ0) is 34.4. The van der Waals surface area contributed by atoms with Crippen molar-refractivity contribution in [2.24, 2.45) is 56.7 Å². The maximum absolute atomic E-state index is 14.4. The van der Waals surface area contributed by atoms with Crippen LogP contribution in [0.3, 0.4) is 0 Å². The Kier molecular flexibility index (Phi) is 7.69. The van der Waals surface area contributed by atoms with Crippen LogP contribution in [0.4, 0.5) is 0 Å². The van der Waals surface area contributed by atoms with E-state index in [0.29, 0.717) is 47.3 Å². The van der Waals surface area contributed by atoms with E-state index < -0.39 is 11.4 Å². The highest BCUT2D eigenvalue weighted by Gasteiger charge is 2.72. The zero-order valence-electron chi connectivity index (χ0n) is 29.7. The number of benzene rings is 1. The van der Waals surface area contributed by atoms with Crippen molar-refractivity contribution in [1.29, 1.82) is 0 Å². The molecule has 0 saturated heterocycles. The van der Waals surface area contributed by atoms with Crippen LogP contribution < -0.4 is 0 Å². The maximum Gasteiger partial charge on any atom is 0.335 e. The molecule has 5 saturated carbocycles. The highest BCUT2D eigenvalue weighted by atomic mass is 16.5. The van der Waals surface area contributed by atoms with Crippen molar-refractivity contribution >= 4 is 17.7 Å². The molecular formula is C40H53N3O5. The van der Waals surface area contributed by atoms with E-state index in [1.807, 2.05) is 0 Å². The van der Waals surface area contributed by atoms with E-state index >= 15 is 0 Å². The molecule has 0 unspecified atom stereocenters. The fourth-order valence-corrected chi connectivity index (χ4v) is 12.9. The van der Waals surface area contributed by atoms with Crippen LogP contribution in [0.25, 0.3) is 5.69 Å². The number of hydrogen-bond donors (Lipinski definition) is 1. The Morgan fingerprint density at radius 3 is 2.48 bits per heavy atom. The SMILES string of the molecule is C=C(C)[C@@H]1CC[C@]2(C(=O)OCc3cn(-c4cccc(C(=O)O)c4)nn3)CC[C@]3(C)[C@H](CC[C@@H]4[C@@]5(C)CCC(=O)C(C)(C)[C@@H]5CC[C@]43C)[C@@H]12. The van der Waals surface area contributed by atoms with Gasteiger partial charge in [-0.05, 0) is 129 Å². The Bertz CT molecular complexity index is 1680. The van der Waals surface area contributed by atoms with Gasteiger partial charge in [0.15, 0.2) is 0 Å². The number of hydrogen-bond acceptors (Lipinski definition) is 6. The van der Waals surface area contributed by atoms with E-state index in [1.165, 1.54) is 16.3 Å². The van der Waals surface area contributed by atoms with E-state index in [9.17, 15) is 19.5 Å². The summed E-state index contributed by atoms with van der Waals surface area (Å²) in [5, 5.41) is 17.8. The van der Waals surface area contributed by atoms with Crippen molar-refractivity contribution in [3.8, 4) is 5.69 Å². The molecule has 0 amide bonds. The number of nitrogens with zero attached hydrogens (tertiary/aromatic N) is 3. The second kappa shape index (κ2) is 11.1. The maximum atomic E-state index is 14.4. The number of esters is 1. The minimum atomic E-state index is -1.01. The summed E-state index contributed by atoms with van der Waals surface area (Å²) < 4.78 is 7.69. The quantitative estimate of drug-likeness (QED) is 0.246. The molecule has 0 radical (unpaired) electrons. The number of ketones is 1. The number of carbonyl (C=O) groups is 3. The number of carbonyl (C=O) groups excluding carboxylic acids is 2. The second-order valence-corrected chi connectivity index (χ2v) is 17.6. The molecule has 1 aromatic heterocycles. The summed E-state index contributed by atoms with van der Waals surface area (Å²) in [7, 11) is 0. The Morgan fingerprint density at radius 1 is 0.979 bits per heavy atom. The highest BCUT2D eigenvalue weighted by Crippen LogP contribution is 2.77. The fraction of sp³-hybridized carbons (Fsp3) is 0.675. The number of aromatic carboxylic acids is 1. The van der Waals surface area contributed by atoms with Crippen LogP contribution >= 0.6 is 0 Å². The first-order chi connectivity index (χ1) is 22.6. The van der Waals surface area contributed by atoms with Crippen LogP contribution in [-0.4, -0.2) is 37.8 Å². The first-order valence-corrected chi connectivity index (χ1v) is 18.2. The Hall–Kier alpha value is -3.29. The molecule has 1 N–H and O–H groups in total. The van der Waals surface area contributed by atoms with Crippen LogP contribution in [0.15, 0.2) is 42.6 Å². The molecule has 9 atom stereocenters.